The number of ether oxygens (including phenoxy) is 1. The molecule has 6 heteroatoms. The first kappa shape index (κ1) is 22.1. The monoisotopic (exact) mass is 409 g/mol. The van der Waals surface area contributed by atoms with E-state index < -0.39 is 0 Å². The average Bonchev–Trinajstić information content (AvgIpc) is 2.78. The lowest BCUT2D eigenvalue weighted by molar-refractivity contribution is 0.148. The van der Waals surface area contributed by atoms with Gasteiger partial charge in [0.1, 0.15) is 5.75 Å². The fourth-order valence-electron chi connectivity index (χ4n) is 3.56. The van der Waals surface area contributed by atoms with Crippen LogP contribution in [-0.2, 0) is 19.6 Å². The topological polar surface area (TPSA) is 52.1 Å². The molecular weight excluding hydrogens is 374 g/mol. The van der Waals surface area contributed by atoms with Crippen molar-refractivity contribution in [3.63, 3.8) is 0 Å². The molecule has 1 saturated heterocycles. The molecular formula is C24H35N5O. The number of aliphatic imine (C=N–C) groups is 1. The first-order valence-corrected chi connectivity index (χ1v) is 10.8. The number of hydrogen-bond donors (Lipinski definition) is 2. The van der Waals surface area contributed by atoms with Gasteiger partial charge >= 0.3 is 0 Å². The first-order valence-electron chi connectivity index (χ1n) is 10.8. The maximum atomic E-state index is 5.70. The minimum absolute atomic E-state index is 0.661. The van der Waals surface area contributed by atoms with Gasteiger partial charge < -0.3 is 20.3 Å². The number of guanidine groups is 1. The molecule has 0 aromatic heterocycles. The zero-order chi connectivity index (χ0) is 21.2. The molecule has 1 aliphatic rings. The molecule has 0 atom stereocenters. The Morgan fingerprint density at radius 1 is 0.933 bits per heavy atom. The van der Waals surface area contributed by atoms with E-state index in [-0.39, 0.29) is 0 Å². The van der Waals surface area contributed by atoms with Gasteiger partial charge in [-0.1, -0.05) is 42.5 Å². The van der Waals surface area contributed by atoms with Crippen LogP contribution in [0.25, 0.3) is 0 Å². The number of nitrogens with one attached hydrogen (secondary N) is 2. The van der Waals surface area contributed by atoms with Gasteiger partial charge in [0, 0.05) is 58.4 Å². The van der Waals surface area contributed by atoms with Crippen LogP contribution >= 0.6 is 0 Å². The largest absolute Gasteiger partial charge is 0.494 e. The molecule has 0 spiro atoms. The highest BCUT2D eigenvalue weighted by atomic mass is 16.5. The van der Waals surface area contributed by atoms with Crippen LogP contribution < -0.4 is 15.4 Å². The Labute approximate surface area is 180 Å². The van der Waals surface area contributed by atoms with Gasteiger partial charge in [-0.25, -0.2) is 0 Å². The van der Waals surface area contributed by atoms with E-state index >= 15 is 0 Å². The Morgan fingerprint density at radius 2 is 1.60 bits per heavy atom. The van der Waals surface area contributed by atoms with Crippen molar-refractivity contribution in [1.29, 1.82) is 0 Å². The van der Waals surface area contributed by atoms with Gasteiger partial charge in [-0.3, -0.25) is 9.89 Å². The Hall–Kier alpha value is -2.57. The second kappa shape index (κ2) is 11.6. The van der Waals surface area contributed by atoms with Crippen LogP contribution in [0.15, 0.2) is 53.5 Å². The highest BCUT2D eigenvalue weighted by Gasteiger charge is 2.13. The van der Waals surface area contributed by atoms with E-state index in [0.717, 1.165) is 56.5 Å². The Balaban J connectivity index is 1.46. The van der Waals surface area contributed by atoms with Crippen molar-refractivity contribution in [3.8, 4) is 5.75 Å². The summed E-state index contributed by atoms with van der Waals surface area (Å²) in [5.41, 5.74) is 3.74. The maximum absolute atomic E-state index is 5.70. The van der Waals surface area contributed by atoms with Crippen molar-refractivity contribution in [2.75, 3.05) is 46.9 Å². The van der Waals surface area contributed by atoms with E-state index in [1.807, 2.05) is 25.1 Å². The zero-order valence-corrected chi connectivity index (χ0v) is 18.5. The van der Waals surface area contributed by atoms with Gasteiger partial charge in [-0.15, -0.1) is 0 Å². The highest BCUT2D eigenvalue weighted by Crippen LogP contribution is 2.17. The van der Waals surface area contributed by atoms with Gasteiger partial charge in [0.2, 0.25) is 0 Å². The Bertz CT molecular complexity index is 797. The number of piperazine rings is 1. The van der Waals surface area contributed by atoms with Gasteiger partial charge in [0.25, 0.3) is 0 Å². The summed E-state index contributed by atoms with van der Waals surface area (Å²) in [5, 5.41) is 6.77. The minimum atomic E-state index is 0.661. The third kappa shape index (κ3) is 6.75. The molecule has 1 fully saturated rings. The van der Waals surface area contributed by atoms with E-state index in [2.05, 4.69) is 62.8 Å². The summed E-state index contributed by atoms with van der Waals surface area (Å²) < 4.78 is 5.70. The van der Waals surface area contributed by atoms with E-state index in [0.29, 0.717) is 13.2 Å². The van der Waals surface area contributed by atoms with E-state index in [4.69, 9.17) is 4.74 Å². The van der Waals surface area contributed by atoms with Gasteiger partial charge in [0.15, 0.2) is 5.96 Å². The van der Waals surface area contributed by atoms with Crippen LogP contribution in [0, 0.1) is 0 Å². The molecule has 162 valence electrons. The SMILES string of the molecule is CCOc1ccccc1CNC(=NC)NCc1ccc(CN2CCN(C)CC2)cc1. The maximum Gasteiger partial charge on any atom is 0.191 e. The van der Waals surface area contributed by atoms with E-state index in [9.17, 15) is 0 Å². The minimum Gasteiger partial charge on any atom is -0.494 e. The highest BCUT2D eigenvalue weighted by molar-refractivity contribution is 5.79. The third-order valence-electron chi connectivity index (χ3n) is 5.43. The van der Waals surface area contributed by atoms with Crippen LogP contribution in [0.2, 0.25) is 0 Å². The van der Waals surface area contributed by atoms with Crippen LogP contribution in [0.3, 0.4) is 0 Å². The quantitative estimate of drug-likeness (QED) is 0.519. The average molecular weight is 410 g/mol. The lowest BCUT2D eigenvalue weighted by Crippen LogP contribution is -2.43. The fraction of sp³-hybridized carbons (Fsp3) is 0.458. The molecule has 2 aromatic carbocycles. The van der Waals surface area contributed by atoms with Crippen molar-refractivity contribution in [3.05, 3.63) is 65.2 Å². The predicted molar refractivity (Wildman–Crippen MR) is 124 cm³/mol. The standard InChI is InChI=1S/C24H35N5O/c1-4-30-23-8-6-5-7-22(23)18-27-24(25-2)26-17-20-9-11-21(12-10-20)19-29-15-13-28(3)14-16-29/h5-12H,4,13-19H2,1-3H3,(H2,25,26,27). The molecule has 0 saturated carbocycles. The Morgan fingerprint density at radius 3 is 2.30 bits per heavy atom. The summed E-state index contributed by atoms with van der Waals surface area (Å²) in [6.07, 6.45) is 0. The molecule has 1 aliphatic heterocycles. The summed E-state index contributed by atoms with van der Waals surface area (Å²) in [6.45, 7) is 9.70. The molecule has 6 nitrogen and oxygen atoms in total. The van der Waals surface area contributed by atoms with Crippen LogP contribution in [0.5, 0.6) is 5.75 Å². The zero-order valence-electron chi connectivity index (χ0n) is 18.5. The number of benzene rings is 2. The molecule has 1 heterocycles. The molecule has 3 rings (SSSR count). The normalized spacial score (nSPS) is 15.8. The number of rotatable bonds is 8. The third-order valence-corrected chi connectivity index (χ3v) is 5.43. The molecule has 30 heavy (non-hydrogen) atoms. The summed E-state index contributed by atoms with van der Waals surface area (Å²) in [5.74, 6) is 1.70. The number of hydrogen-bond acceptors (Lipinski definition) is 4. The predicted octanol–water partition coefficient (Wildman–Crippen LogP) is 2.70. The second-order valence-corrected chi connectivity index (χ2v) is 7.72. The molecule has 2 N–H and O–H groups in total. The molecule has 0 amide bonds. The fourth-order valence-corrected chi connectivity index (χ4v) is 3.56. The Kier molecular flexibility index (Phi) is 8.53. The van der Waals surface area contributed by atoms with Gasteiger partial charge in [-0.2, -0.15) is 0 Å². The molecule has 0 unspecified atom stereocenters. The van der Waals surface area contributed by atoms with Crippen LogP contribution in [0.1, 0.15) is 23.6 Å². The van der Waals surface area contributed by atoms with E-state index in [1.54, 1.807) is 7.05 Å². The van der Waals surface area contributed by atoms with Gasteiger partial charge in [0.05, 0.1) is 6.61 Å². The molecule has 0 bridgehead atoms. The number of nitrogens with zero attached hydrogens (tertiary/aromatic N) is 3. The van der Waals surface area contributed by atoms with Crippen molar-refractivity contribution in [2.24, 2.45) is 4.99 Å². The van der Waals surface area contributed by atoms with Crippen LogP contribution in [0.4, 0.5) is 0 Å². The van der Waals surface area contributed by atoms with Crippen molar-refractivity contribution >= 4 is 5.96 Å². The van der Waals surface area contributed by atoms with Crippen molar-refractivity contribution in [2.45, 2.75) is 26.6 Å². The molecule has 2 aromatic rings. The lowest BCUT2D eigenvalue weighted by atomic mass is 10.1. The van der Waals surface area contributed by atoms with Crippen molar-refractivity contribution in [1.82, 2.24) is 20.4 Å². The lowest BCUT2D eigenvalue weighted by Gasteiger charge is -2.32. The van der Waals surface area contributed by atoms with Crippen LogP contribution in [-0.4, -0.2) is 62.6 Å². The van der Waals surface area contributed by atoms with Gasteiger partial charge in [-0.05, 0) is 31.2 Å². The number of likely N-dealkylation sites (N-methyl/N-ethyl adjacent to an activating group) is 1. The number of para-hydroxylation sites is 1. The molecule has 0 radical (unpaired) electrons. The summed E-state index contributed by atoms with van der Waals surface area (Å²) in [4.78, 5) is 9.26. The van der Waals surface area contributed by atoms with E-state index in [1.165, 1.54) is 11.1 Å². The molecule has 0 aliphatic carbocycles. The summed E-state index contributed by atoms with van der Waals surface area (Å²) in [6, 6.07) is 17.0. The summed E-state index contributed by atoms with van der Waals surface area (Å²) >= 11 is 0. The summed E-state index contributed by atoms with van der Waals surface area (Å²) in [7, 11) is 3.99. The second-order valence-electron chi connectivity index (χ2n) is 7.72. The first-order chi connectivity index (χ1) is 14.7. The smallest absolute Gasteiger partial charge is 0.191 e. The van der Waals surface area contributed by atoms with Crippen molar-refractivity contribution < 1.29 is 4.74 Å².